The first-order valence-electron chi connectivity index (χ1n) is 10.0. The molecule has 158 valence electrons. The van der Waals surface area contributed by atoms with E-state index in [1.807, 2.05) is 44.2 Å². The second-order valence-electron chi connectivity index (χ2n) is 7.65. The van der Waals surface area contributed by atoms with E-state index in [9.17, 15) is 14.4 Å². The van der Waals surface area contributed by atoms with Gasteiger partial charge < -0.3 is 15.4 Å². The second-order valence-corrected chi connectivity index (χ2v) is 7.65. The summed E-state index contributed by atoms with van der Waals surface area (Å²) in [6.07, 6.45) is 5.83. The van der Waals surface area contributed by atoms with E-state index in [0.717, 1.165) is 0 Å². The van der Waals surface area contributed by atoms with Gasteiger partial charge in [0.25, 0.3) is 5.91 Å². The number of ketones is 1. The average molecular weight is 410 g/mol. The van der Waals surface area contributed by atoms with Crippen LogP contribution in [0.3, 0.4) is 0 Å². The molecule has 0 radical (unpaired) electrons. The molecule has 1 aromatic heterocycles. The molecule has 3 rings (SSSR count). The van der Waals surface area contributed by atoms with Gasteiger partial charge in [0.2, 0.25) is 5.91 Å². The molecule has 30 heavy (non-hydrogen) atoms. The van der Waals surface area contributed by atoms with Gasteiger partial charge in [0.15, 0.2) is 5.78 Å². The molecule has 2 atom stereocenters. The van der Waals surface area contributed by atoms with Crippen LogP contribution in [0.1, 0.15) is 37.2 Å². The van der Waals surface area contributed by atoms with Crippen LogP contribution in [0.4, 0.5) is 0 Å². The molecule has 2 heterocycles. The van der Waals surface area contributed by atoms with Gasteiger partial charge in [-0.25, -0.2) is 4.98 Å². The smallest absolute Gasteiger partial charge is 0.272 e. The summed E-state index contributed by atoms with van der Waals surface area (Å²) in [5.74, 6) is -0.929. The van der Waals surface area contributed by atoms with E-state index >= 15 is 0 Å². The third kappa shape index (κ3) is 5.70. The summed E-state index contributed by atoms with van der Waals surface area (Å²) in [5.41, 5.74) is 1.42. The first-order chi connectivity index (χ1) is 14.4. The Morgan fingerprint density at radius 3 is 2.73 bits per heavy atom. The number of benzene rings is 1. The van der Waals surface area contributed by atoms with Crippen molar-refractivity contribution in [1.29, 1.82) is 0 Å². The lowest BCUT2D eigenvalue weighted by Crippen LogP contribution is -2.52. The number of amides is 2. The van der Waals surface area contributed by atoms with E-state index in [1.165, 1.54) is 6.20 Å². The van der Waals surface area contributed by atoms with Gasteiger partial charge in [-0.3, -0.25) is 19.4 Å². The Kier molecular flexibility index (Phi) is 7.24. The standard InChI is InChI=1S/C22H26N4O4/c1-14(2)11-18(21(28)25-17-9-5-6-10-30-13-20(17)27)26-22(29)19-12-23-15-7-3-4-8-16(15)24-19/h3-8,12,14,17-18H,9-11,13H2,1-2H3,(H,25,28)(H,26,29)/t17-,18-/m0/s1. The van der Waals surface area contributed by atoms with Crippen molar-refractivity contribution < 1.29 is 19.1 Å². The largest absolute Gasteiger partial charge is 0.370 e. The number of carbonyl (C=O) groups excluding carboxylic acids is 3. The zero-order valence-electron chi connectivity index (χ0n) is 17.1. The SMILES string of the molecule is CC(C)C[C@H](NC(=O)c1cnc2ccccc2n1)C(=O)N[C@H]1CC=CCOCC1=O. The van der Waals surface area contributed by atoms with Crippen molar-refractivity contribution in [2.45, 2.75) is 38.8 Å². The Labute approximate surface area is 175 Å². The molecule has 0 fully saturated rings. The van der Waals surface area contributed by atoms with Crippen LogP contribution in [0.15, 0.2) is 42.6 Å². The van der Waals surface area contributed by atoms with Gasteiger partial charge in [0.1, 0.15) is 18.3 Å². The van der Waals surface area contributed by atoms with E-state index in [1.54, 1.807) is 6.07 Å². The average Bonchev–Trinajstić information content (AvgIpc) is 2.72. The number of para-hydroxylation sites is 2. The van der Waals surface area contributed by atoms with Crippen LogP contribution in [0.5, 0.6) is 0 Å². The molecular formula is C22H26N4O4. The molecule has 0 aliphatic carbocycles. The fourth-order valence-corrected chi connectivity index (χ4v) is 3.17. The minimum absolute atomic E-state index is 0.0524. The number of fused-ring (bicyclic) bond motifs is 1. The number of nitrogens with one attached hydrogen (secondary N) is 2. The predicted molar refractivity (Wildman–Crippen MR) is 112 cm³/mol. The number of carbonyl (C=O) groups is 3. The lowest BCUT2D eigenvalue weighted by Gasteiger charge is -2.24. The molecule has 8 nitrogen and oxygen atoms in total. The van der Waals surface area contributed by atoms with Gasteiger partial charge in [-0.15, -0.1) is 0 Å². The summed E-state index contributed by atoms with van der Waals surface area (Å²) < 4.78 is 5.21. The molecule has 2 amide bonds. The summed E-state index contributed by atoms with van der Waals surface area (Å²) >= 11 is 0. The number of hydrogen-bond donors (Lipinski definition) is 2. The number of nitrogens with zero attached hydrogens (tertiary/aromatic N) is 2. The van der Waals surface area contributed by atoms with E-state index in [2.05, 4.69) is 20.6 Å². The van der Waals surface area contributed by atoms with E-state index in [0.29, 0.717) is 30.5 Å². The molecule has 0 unspecified atom stereocenters. The van der Waals surface area contributed by atoms with Crippen LogP contribution >= 0.6 is 0 Å². The molecule has 0 saturated heterocycles. The van der Waals surface area contributed by atoms with E-state index in [-0.39, 0.29) is 24.0 Å². The zero-order chi connectivity index (χ0) is 21.5. The molecule has 1 aliphatic rings. The van der Waals surface area contributed by atoms with Crippen molar-refractivity contribution in [3.63, 3.8) is 0 Å². The third-order valence-corrected chi connectivity index (χ3v) is 4.71. The Morgan fingerprint density at radius 1 is 1.20 bits per heavy atom. The van der Waals surface area contributed by atoms with Crippen LogP contribution in [0.25, 0.3) is 11.0 Å². The van der Waals surface area contributed by atoms with Gasteiger partial charge in [0.05, 0.1) is 29.9 Å². The van der Waals surface area contributed by atoms with Gasteiger partial charge >= 0.3 is 0 Å². The van der Waals surface area contributed by atoms with Crippen molar-refractivity contribution in [1.82, 2.24) is 20.6 Å². The highest BCUT2D eigenvalue weighted by atomic mass is 16.5. The highest BCUT2D eigenvalue weighted by Gasteiger charge is 2.28. The van der Waals surface area contributed by atoms with Crippen molar-refractivity contribution in [3.8, 4) is 0 Å². The quantitative estimate of drug-likeness (QED) is 0.703. The summed E-state index contributed by atoms with van der Waals surface area (Å²) in [6.45, 7) is 4.24. The van der Waals surface area contributed by atoms with Crippen LogP contribution in [-0.4, -0.2) is 52.9 Å². The number of aromatic nitrogens is 2. The summed E-state index contributed by atoms with van der Waals surface area (Å²) in [5, 5.41) is 5.51. The Hall–Kier alpha value is -3.13. The molecule has 2 aromatic rings. The maximum absolute atomic E-state index is 12.9. The lowest BCUT2D eigenvalue weighted by atomic mass is 10.0. The maximum atomic E-state index is 12.9. The van der Waals surface area contributed by atoms with Crippen molar-refractivity contribution in [2.75, 3.05) is 13.2 Å². The van der Waals surface area contributed by atoms with Crippen LogP contribution in [-0.2, 0) is 14.3 Å². The third-order valence-electron chi connectivity index (χ3n) is 4.71. The van der Waals surface area contributed by atoms with Gasteiger partial charge in [-0.2, -0.15) is 0 Å². The summed E-state index contributed by atoms with van der Waals surface area (Å²) in [7, 11) is 0. The molecule has 0 saturated carbocycles. The van der Waals surface area contributed by atoms with Crippen molar-refractivity contribution >= 4 is 28.6 Å². The Bertz CT molecular complexity index is 957. The van der Waals surface area contributed by atoms with E-state index < -0.39 is 23.9 Å². The van der Waals surface area contributed by atoms with Gasteiger partial charge in [-0.05, 0) is 30.9 Å². The molecule has 8 heteroatoms. The molecule has 2 N–H and O–H groups in total. The normalized spacial score (nSPS) is 18.0. The number of hydrogen-bond acceptors (Lipinski definition) is 6. The topological polar surface area (TPSA) is 110 Å². The highest BCUT2D eigenvalue weighted by molar-refractivity contribution is 5.98. The molecule has 0 bridgehead atoms. The Morgan fingerprint density at radius 2 is 1.97 bits per heavy atom. The molecular weight excluding hydrogens is 384 g/mol. The number of ether oxygens (including phenoxy) is 1. The number of rotatable bonds is 6. The minimum Gasteiger partial charge on any atom is -0.370 e. The first kappa shape index (κ1) is 21.6. The highest BCUT2D eigenvalue weighted by Crippen LogP contribution is 2.11. The van der Waals surface area contributed by atoms with Crippen LogP contribution in [0, 0.1) is 5.92 Å². The maximum Gasteiger partial charge on any atom is 0.272 e. The minimum atomic E-state index is -0.797. The first-order valence-corrected chi connectivity index (χ1v) is 10.0. The molecule has 1 aromatic carbocycles. The second kappa shape index (κ2) is 10.1. The zero-order valence-corrected chi connectivity index (χ0v) is 17.1. The molecule has 1 aliphatic heterocycles. The lowest BCUT2D eigenvalue weighted by molar-refractivity contribution is -0.131. The fraction of sp³-hybridized carbons (Fsp3) is 0.409. The monoisotopic (exact) mass is 410 g/mol. The molecule has 0 spiro atoms. The van der Waals surface area contributed by atoms with Gasteiger partial charge in [-0.1, -0.05) is 38.1 Å². The predicted octanol–water partition coefficient (Wildman–Crippen LogP) is 1.80. The Balaban J connectivity index is 1.72. The van der Waals surface area contributed by atoms with Crippen LogP contribution < -0.4 is 10.6 Å². The summed E-state index contributed by atoms with van der Waals surface area (Å²) in [4.78, 5) is 46.5. The van der Waals surface area contributed by atoms with E-state index in [4.69, 9.17) is 4.74 Å². The van der Waals surface area contributed by atoms with Crippen molar-refractivity contribution in [3.05, 3.63) is 48.3 Å². The number of Topliss-reactive ketones (excluding diaryl/α,β-unsaturated/α-hetero) is 1. The fourth-order valence-electron chi connectivity index (χ4n) is 3.17. The van der Waals surface area contributed by atoms with Crippen LogP contribution in [0.2, 0.25) is 0 Å². The van der Waals surface area contributed by atoms with Gasteiger partial charge in [0, 0.05) is 0 Å². The van der Waals surface area contributed by atoms with Crippen molar-refractivity contribution in [2.24, 2.45) is 5.92 Å². The summed E-state index contributed by atoms with van der Waals surface area (Å²) in [6, 6.07) is 5.76.